The molecule has 3 rings (SSSR count). The number of ether oxygens (including phenoxy) is 2. The minimum absolute atomic E-state index is 0.0877. The van der Waals surface area contributed by atoms with Crippen LogP contribution >= 0.6 is 0 Å². The van der Waals surface area contributed by atoms with Gasteiger partial charge in [-0.1, -0.05) is 32.9 Å². The summed E-state index contributed by atoms with van der Waals surface area (Å²) in [6, 6.07) is 8.86. The topological polar surface area (TPSA) is 97.8 Å². The quantitative estimate of drug-likeness (QED) is 0.452. The highest BCUT2D eigenvalue weighted by Gasteiger charge is 2.41. The number of nitrogens with zero attached hydrogens (tertiary/aromatic N) is 3. The Kier molecular flexibility index (Phi) is 8.63. The number of carbonyl (C=O) groups excluding carboxylic acids is 1. The summed E-state index contributed by atoms with van der Waals surface area (Å²) in [7, 11) is -1.99. The molecule has 0 aliphatic carbocycles. The van der Waals surface area contributed by atoms with Crippen LogP contribution in [0, 0.1) is 6.92 Å². The average Bonchev–Trinajstić information content (AvgIpc) is 2.77. The van der Waals surface area contributed by atoms with E-state index in [0.717, 1.165) is 5.56 Å². The van der Waals surface area contributed by atoms with Crippen molar-refractivity contribution < 1.29 is 18.7 Å². The standard InChI is InChI=1S/C26H41N5O4Si/c1-19-10-9-11-20(16-19)27-24(32)29-21-17-22(30-23(28-21)31-12-14-33-15-13-31)34-18-26(5,6)35-36(7,8)25(2,3)4/h9-11,16-17H,12-15,18H2,1-8H3,(H2,27,28,29,30,32). The van der Waals surface area contributed by atoms with E-state index in [4.69, 9.17) is 13.9 Å². The highest BCUT2D eigenvalue weighted by molar-refractivity contribution is 6.74. The Morgan fingerprint density at radius 1 is 1.08 bits per heavy atom. The van der Waals surface area contributed by atoms with E-state index in [9.17, 15) is 4.79 Å². The summed E-state index contributed by atoms with van der Waals surface area (Å²) in [5, 5.41) is 5.75. The van der Waals surface area contributed by atoms with Gasteiger partial charge in [-0.2, -0.15) is 9.97 Å². The molecule has 9 nitrogen and oxygen atoms in total. The lowest BCUT2D eigenvalue weighted by atomic mass is 10.2. The van der Waals surface area contributed by atoms with E-state index < -0.39 is 13.9 Å². The monoisotopic (exact) mass is 515 g/mol. The normalized spacial score (nSPS) is 14.9. The molecule has 1 saturated heterocycles. The number of aromatic nitrogens is 2. The number of nitrogens with one attached hydrogen (secondary N) is 2. The molecule has 2 N–H and O–H groups in total. The molecular formula is C26H41N5O4Si. The van der Waals surface area contributed by atoms with Gasteiger partial charge in [0.15, 0.2) is 8.32 Å². The van der Waals surface area contributed by atoms with Crippen LogP contribution in [0.1, 0.15) is 40.2 Å². The lowest BCUT2D eigenvalue weighted by Gasteiger charge is -2.42. The number of amides is 2. The average molecular weight is 516 g/mol. The number of morpholine rings is 1. The summed E-state index contributed by atoms with van der Waals surface area (Å²) < 4.78 is 18.2. The molecular weight excluding hydrogens is 474 g/mol. The van der Waals surface area contributed by atoms with Gasteiger partial charge in [-0.05, 0) is 56.6 Å². The van der Waals surface area contributed by atoms with E-state index in [-0.39, 0.29) is 11.1 Å². The molecule has 0 radical (unpaired) electrons. The minimum atomic E-state index is -1.99. The molecule has 36 heavy (non-hydrogen) atoms. The van der Waals surface area contributed by atoms with Crippen LogP contribution in [0.15, 0.2) is 30.3 Å². The maximum absolute atomic E-state index is 12.7. The van der Waals surface area contributed by atoms with Crippen LogP contribution in [-0.2, 0) is 9.16 Å². The second kappa shape index (κ2) is 11.1. The van der Waals surface area contributed by atoms with Crippen molar-refractivity contribution in [3.05, 3.63) is 35.9 Å². The summed E-state index contributed by atoms with van der Waals surface area (Å²) in [5.74, 6) is 1.23. The Morgan fingerprint density at radius 2 is 1.78 bits per heavy atom. The van der Waals surface area contributed by atoms with E-state index in [0.29, 0.717) is 56.2 Å². The van der Waals surface area contributed by atoms with E-state index in [1.165, 1.54) is 0 Å². The number of urea groups is 1. The van der Waals surface area contributed by atoms with Gasteiger partial charge < -0.3 is 24.1 Å². The van der Waals surface area contributed by atoms with Crippen molar-refractivity contribution in [3.63, 3.8) is 0 Å². The van der Waals surface area contributed by atoms with E-state index in [1.54, 1.807) is 6.07 Å². The molecule has 0 spiro atoms. The van der Waals surface area contributed by atoms with Gasteiger partial charge in [-0.15, -0.1) is 0 Å². The van der Waals surface area contributed by atoms with Gasteiger partial charge in [-0.25, -0.2) is 4.79 Å². The first-order valence-corrected chi connectivity index (χ1v) is 15.3. The largest absolute Gasteiger partial charge is 0.474 e. The Hall–Kier alpha value is -2.69. The van der Waals surface area contributed by atoms with Gasteiger partial charge in [0.1, 0.15) is 12.4 Å². The van der Waals surface area contributed by atoms with Crippen LogP contribution in [-0.4, -0.2) is 62.8 Å². The number of rotatable bonds is 8. The smallest absolute Gasteiger partial charge is 0.324 e. The fourth-order valence-electron chi connectivity index (χ4n) is 3.58. The number of aryl methyl sites for hydroxylation is 1. The Labute approximate surface area is 216 Å². The molecule has 2 amide bonds. The van der Waals surface area contributed by atoms with Crippen molar-refractivity contribution >= 4 is 31.8 Å². The van der Waals surface area contributed by atoms with Crippen molar-refractivity contribution in [3.8, 4) is 5.88 Å². The van der Waals surface area contributed by atoms with Gasteiger partial charge in [0.05, 0.1) is 18.8 Å². The first kappa shape index (κ1) is 27.9. The summed E-state index contributed by atoms with van der Waals surface area (Å²) in [4.78, 5) is 23.9. The van der Waals surface area contributed by atoms with Gasteiger partial charge in [0.25, 0.3) is 0 Å². The first-order chi connectivity index (χ1) is 16.7. The Morgan fingerprint density at radius 3 is 2.42 bits per heavy atom. The molecule has 0 atom stereocenters. The molecule has 0 unspecified atom stereocenters. The molecule has 1 fully saturated rings. The van der Waals surface area contributed by atoms with Crippen LogP contribution in [0.3, 0.4) is 0 Å². The lowest BCUT2D eigenvalue weighted by molar-refractivity contribution is 0.0374. The highest BCUT2D eigenvalue weighted by atomic mass is 28.4. The summed E-state index contributed by atoms with van der Waals surface area (Å²) >= 11 is 0. The number of anilines is 3. The van der Waals surface area contributed by atoms with Gasteiger partial charge >= 0.3 is 6.03 Å². The SMILES string of the molecule is Cc1cccc(NC(=O)Nc2cc(OCC(C)(C)O[Si](C)(C)C(C)(C)C)nc(N3CCOCC3)n2)c1. The highest BCUT2D eigenvalue weighted by Crippen LogP contribution is 2.39. The van der Waals surface area contributed by atoms with E-state index in [1.807, 2.05) is 49.9 Å². The molecule has 0 bridgehead atoms. The summed E-state index contributed by atoms with van der Waals surface area (Å²) in [6.07, 6.45) is 0. The third kappa shape index (κ3) is 7.91. The predicted octanol–water partition coefficient (Wildman–Crippen LogP) is 5.44. The number of carbonyl (C=O) groups is 1. The van der Waals surface area contributed by atoms with Crippen LogP contribution in [0.2, 0.25) is 18.1 Å². The van der Waals surface area contributed by atoms with Crippen molar-refractivity contribution in [1.82, 2.24) is 9.97 Å². The second-order valence-electron chi connectivity index (χ2n) is 11.4. The first-order valence-electron chi connectivity index (χ1n) is 12.4. The van der Waals surface area contributed by atoms with Crippen LogP contribution in [0.4, 0.5) is 22.2 Å². The fraction of sp³-hybridized carbons (Fsp3) is 0.577. The lowest BCUT2D eigenvalue weighted by Crippen LogP contribution is -2.49. The molecule has 198 valence electrons. The molecule has 1 aliphatic heterocycles. The van der Waals surface area contributed by atoms with Crippen molar-refractivity contribution in [2.75, 3.05) is 48.4 Å². The van der Waals surface area contributed by atoms with Gasteiger partial charge in [-0.3, -0.25) is 5.32 Å². The zero-order chi connectivity index (χ0) is 26.6. The van der Waals surface area contributed by atoms with Crippen LogP contribution in [0.5, 0.6) is 5.88 Å². The summed E-state index contributed by atoms with van der Waals surface area (Å²) in [6.45, 7) is 20.0. The maximum atomic E-state index is 12.7. The zero-order valence-corrected chi connectivity index (χ0v) is 23.9. The van der Waals surface area contributed by atoms with E-state index >= 15 is 0 Å². The maximum Gasteiger partial charge on any atom is 0.324 e. The number of benzene rings is 1. The van der Waals surface area contributed by atoms with Gasteiger partial charge in [0, 0.05) is 24.8 Å². The molecule has 1 aromatic heterocycles. The van der Waals surface area contributed by atoms with Gasteiger partial charge in [0.2, 0.25) is 11.8 Å². The second-order valence-corrected chi connectivity index (χ2v) is 16.1. The molecule has 1 aliphatic rings. The zero-order valence-electron chi connectivity index (χ0n) is 22.9. The number of hydrogen-bond acceptors (Lipinski definition) is 7. The minimum Gasteiger partial charge on any atom is -0.474 e. The van der Waals surface area contributed by atoms with E-state index in [2.05, 4.69) is 54.5 Å². The molecule has 2 aromatic rings. The molecule has 10 heteroatoms. The van der Waals surface area contributed by atoms with Crippen molar-refractivity contribution in [1.29, 1.82) is 0 Å². The Bertz CT molecular complexity index is 1050. The van der Waals surface area contributed by atoms with Crippen molar-refractivity contribution in [2.24, 2.45) is 0 Å². The van der Waals surface area contributed by atoms with Crippen LogP contribution < -0.4 is 20.3 Å². The van der Waals surface area contributed by atoms with Crippen LogP contribution in [0.25, 0.3) is 0 Å². The summed E-state index contributed by atoms with van der Waals surface area (Å²) in [5.41, 5.74) is 1.25. The Balaban J connectivity index is 1.76. The third-order valence-corrected chi connectivity index (χ3v) is 11.1. The molecule has 1 aromatic carbocycles. The predicted molar refractivity (Wildman–Crippen MR) is 147 cm³/mol. The molecule has 2 heterocycles. The molecule has 0 saturated carbocycles. The number of hydrogen-bond donors (Lipinski definition) is 2. The third-order valence-electron chi connectivity index (χ3n) is 6.41. The van der Waals surface area contributed by atoms with Crippen molar-refractivity contribution in [2.45, 2.75) is 65.3 Å². The fourth-order valence-corrected chi connectivity index (χ4v) is 5.32.